The van der Waals surface area contributed by atoms with E-state index >= 15 is 0 Å². The molecule has 4 heteroatoms. The first-order chi connectivity index (χ1) is 6.20. The summed E-state index contributed by atoms with van der Waals surface area (Å²) in [5.41, 5.74) is 0.450. The number of phenolic OH excluding ortho intramolecular Hbond substituents is 2. The van der Waals surface area contributed by atoms with Gasteiger partial charge in [-0.25, -0.2) is 0 Å². The predicted octanol–water partition coefficient (Wildman–Crippen LogP) is 2.39. The first-order valence-corrected chi connectivity index (χ1v) is 5.05. The molecule has 0 radical (unpaired) electrons. The SMILES string of the molecule is CCOc1ccc(O)c(CBr)c1O. The van der Waals surface area contributed by atoms with Crippen LogP contribution in [0.5, 0.6) is 17.2 Å². The predicted molar refractivity (Wildman–Crippen MR) is 53.6 cm³/mol. The summed E-state index contributed by atoms with van der Waals surface area (Å²) in [6, 6.07) is 3.04. The number of aromatic hydroxyl groups is 2. The molecule has 72 valence electrons. The van der Waals surface area contributed by atoms with Crippen LogP contribution in [0.15, 0.2) is 12.1 Å². The van der Waals surface area contributed by atoms with Crippen LogP contribution >= 0.6 is 15.9 Å². The van der Waals surface area contributed by atoms with Crippen LogP contribution in [0.2, 0.25) is 0 Å². The summed E-state index contributed by atoms with van der Waals surface area (Å²) in [6.45, 7) is 2.32. The van der Waals surface area contributed by atoms with E-state index in [1.807, 2.05) is 6.92 Å². The van der Waals surface area contributed by atoms with Crippen LogP contribution in [0.1, 0.15) is 12.5 Å². The Morgan fingerprint density at radius 3 is 2.62 bits per heavy atom. The monoisotopic (exact) mass is 246 g/mol. The fourth-order valence-corrected chi connectivity index (χ4v) is 1.56. The smallest absolute Gasteiger partial charge is 0.165 e. The lowest BCUT2D eigenvalue weighted by Crippen LogP contribution is -1.93. The molecule has 2 N–H and O–H groups in total. The third-order valence-corrected chi connectivity index (χ3v) is 2.22. The van der Waals surface area contributed by atoms with Crippen LogP contribution < -0.4 is 4.74 Å². The van der Waals surface area contributed by atoms with Crippen molar-refractivity contribution < 1.29 is 14.9 Å². The molecule has 13 heavy (non-hydrogen) atoms. The molecule has 0 atom stereocenters. The molecule has 0 spiro atoms. The van der Waals surface area contributed by atoms with Crippen molar-refractivity contribution in [2.45, 2.75) is 12.3 Å². The van der Waals surface area contributed by atoms with E-state index in [2.05, 4.69) is 15.9 Å². The zero-order chi connectivity index (χ0) is 9.84. The number of alkyl halides is 1. The minimum absolute atomic E-state index is 0.00118. The molecule has 0 bridgehead atoms. The van der Waals surface area contributed by atoms with Gasteiger partial charge in [0.05, 0.1) is 12.2 Å². The van der Waals surface area contributed by atoms with Crippen molar-refractivity contribution in [2.75, 3.05) is 6.61 Å². The highest BCUT2D eigenvalue weighted by Crippen LogP contribution is 2.37. The number of hydrogen-bond donors (Lipinski definition) is 2. The molecule has 1 aromatic rings. The summed E-state index contributed by atoms with van der Waals surface area (Å²) in [6.07, 6.45) is 0. The second-order valence-electron chi connectivity index (χ2n) is 2.48. The maximum absolute atomic E-state index is 9.59. The molecule has 0 fully saturated rings. The second kappa shape index (κ2) is 4.37. The van der Waals surface area contributed by atoms with Gasteiger partial charge in [0.25, 0.3) is 0 Å². The zero-order valence-electron chi connectivity index (χ0n) is 7.25. The normalized spacial score (nSPS) is 10.0. The molecule has 0 aliphatic carbocycles. The summed E-state index contributed by atoms with van der Waals surface area (Å²) >= 11 is 3.17. The molecule has 0 aliphatic rings. The average Bonchev–Trinajstić information content (AvgIpc) is 2.11. The lowest BCUT2D eigenvalue weighted by atomic mass is 10.2. The molecule has 0 aromatic heterocycles. The fraction of sp³-hybridized carbons (Fsp3) is 0.333. The minimum atomic E-state index is -0.00118. The van der Waals surface area contributed by atoms with Crippen LogP contribution in [0, 0.1) is 0 Å². The van der Waals surface area contributed by atoms with Gasteiger partial charge in [0.1, 0.15) is 5.75 Å². The van der Waals surface area contributed by atoms with Crippen molar-refractivity contribution in [1.29, 1.82) is 0 Å². The maximum Gasteiger partial charge on any atom is 0.165 e. The van der Waals surface area contributed by atoms with E-state index in [-0.39, 0.29) is 11.5 Å². The van der Waals surface area contributed by atoms with E-state index in [4.69, 9.17) is 4.74 Å². The molecule has 1 aromatic carbocycles. The highest BCUT2D eigenvalue weighted by molar-refractivity contribution is 9.08. The number of hydrogen-bond acceptors (Lipinski definition) is 3. The van der Waals surface area contributed by atoms with Crippen molar-refractivity contribution in [2.24, 2.45) is 0 Å². The Kier molecular flexibility index (Phi) is 3.42. The molecule has 0 aliphatic heterocycles. The van der Waals surface area contributed by atoms with Crippen molar-refractivity contribution in [3.05, 3.63) is 17.7 Å². The summed E-state index contributed by atoms with van der Waals surface area (Å²) in [7, 11) is 0. The van der Waals surface area contributed by atoms with Gasteiger partial charge in [-0.1, -0.05) is 15.9 Å². The van der Waals surface area contributed by atoms with Crippen molar-refractivity contribution in [3.8, 4) is 17.2 Å². The Bertz CT molecular complexity index is 299. The van der Waals surface area contributed by atoms with E-state index < -0.39 is 0 Å². The Hall–Kier alpha value is -0.900. The second-order valence-corrected chi connectivity index (χ2v) is 3.04. The number of phenols is 2. The van der Waals surface area contributed by atoms with Crippen molar-refractivity contribution in [1.82, 2.24) is 0 Å². The van der Waals surface area contributed by atoms with Crippen molar-refractivity contribution in [3.63, 3.8) is 0 Å². The van der Waals surface area contributed by atoms with Gasteiger partial charge < -0.3 is 14.9 Å². The van der Waals surface area contributed by atoms with E-state index in [0.717, 1.165) is 0 Å². The molecule has 0 amide bonds. The third kappa shape index (κ3) is 2.06. The van der Waals surface area contributed by atoms with Gasteiger partial charge in [-0.2, -0.15) is 0 Å². The summed E-state index contributed by atoms with van der Waals surface area (Å²) < 4.78 is 5.15. The Morgan fingerprint density at radius 2 is 2.08 bits per heavy atom. The summed E-state index contributed by atoms with van der Waals surface area (Å²) in [5.74, 6) is 0.464. The number of rotatable bonds is 3. The van der Waals surface area contributed by atoms with Crippen LogP contribution in [-0.4, -0.2) is 16.8 Å². The van der Waals surface area contributed by atoms with Gasteiger partial charge in [-0.05, 0) is 19.1 Å². The molecular weight excluding hydrogens is 236 g/mol. The molecule has 3 nitrogen and oxygen atoms in total. The molecule has 0 saturated heterocycles. The maximum atomic E-state index is 9.59. The van der Waals surface area contributed by atoms with Gasteiger partial charge in [0.2, 0.25) is 0 Å². The third-order valence-electron chi connectivity index (χ3n) is 1.65. The van der Waals surface area contributed by atoms with E-state index in [0.29, 0.717) is 23.2 Å². The molecular formula is C9H11BrO3. The topological polar surface area (TPSA) is 49.7 Å². The van der Waals surface area contributed by atoms with Gasteiger partial charge >= 0.3 is 0 Å². The van der Waals surface area contributed by atoms with E-state index in [1.54, 1.807) is 6.07 Å². The fourth-order valence-electron chi connectivity index (χ4n) is 1.01. The number of benzene rings is 1. The molecule has 0 saturated carbocycles. The van der Waals surface area contributed by atoms with Crippen LogP contribution in [-0.2, 0) is 5.33 Å². The largest absolute Gasteiger partial charge is 0.507 e. The zero-order valence-corrected chi connectivity index (χ0v) is 8.84. The van der Waals surface area contributed by atoms with Crippen molar-refractivity contribution >= 4 is 15.9 Å². The van der Waals surface area contributed by atoms with Crippen LogP contribution in [0.25, 0.3) is 0 Å². The summed E-state index contributed by atoms with van der Waals surface area (Å²) in [5, 5.41) is 19.3. The van der Waals surface area contributed by atoms with Gasteiger partial charge in [-0.3, -0.25) is 0 Å². The lowest BCUT2D eigenvalue weighted by molar-refractivity contribution is 0.315. The van der Waals surface area contributed by atoms with Crippen LogP contribution in [0.4, 0.5) is 0 Å². The Morgan fingerprint density at radius 1 is 1.38 bits per heavy atom. The van der Waals surface area contributed by atoms with Gasteiger partial charge in [0.15, 0.2) is 11.5 Å². The van der Waals surface area contributed by atoms with Crippen LogP contribution in [0.3, 0.4) is 0 Å². The van der Waals surface area contributed by atoms with E-state index in [9.17, 15) is 10.2 Å². The average molecular weight is 247 g/mol. The number of halogens is 1. The number of ether oxygens (including phenoxy) is 1. The standard InChI is InChI=1S/C9H11BrO3/c1-2-13-8-4-3-7(11)6(5-10)9(8)12/h3-4,11-12H,2,5H2,1H3. The Labute approximate surface area is 85.1 Å². The molecule has 0 heterocycles. The highest BCUT2D eigenvalue weighted by Gasteiger charge is 2.11. The Balaban J connectivity index is 3.11. The molecule has 1 rings (SSSR count). The molecule has 0 unspecified atom stereocenters. The van der Waals surface area contributed by atoms with Gasteiger partial charge in [0, 0.05) is 5.33 Å². The minimum Gasteiger partial charge on any atom is -0.507 e. The van der Waals surface area contributed by atoms with Gasteiger partial charge in [-0.15, -0.1) is 0 Å². The first kappa shape index (κ1) is 10.2. The quantitative estimate of drug-likeness (QED) is 0.806. The summed E-state index contributed by atoms with van der Waals surface area (Å²) in [4.78, 5) is 0. The first-order valence-electron chi connectivity index (χ1n) is 3.93. The highest BCUT2D eigenvalue weighted by atomic mass is 79.9. The lowest BCUT2D eigenvalue weighted by Gasteiger charge is -2.09. The van der Waals surface area contributed by atoms with E-state index in [1.165, 1.54) is 6.07 Å².